The zero-order valence-electron chi connectivity index (χ0n) is 15.2. The van der Waals surface area contributed by atoms with Gasteiger partial charge in [-0.15, -0.1) is 0 Å². The van der Waals surface area contributed by atoms with E-state index in [4.69, 9.17) is 0 Å². The Morgan fingerprint density at radius 3 is 2.80 bits per heavy atom. The molecule has 0 spiro atoms. The number of aromatic nitrogens is 2. The number of rotatable bonds is 6. The normalized spacial score (nSPS) is 18.4. The van der Waals surface area contributed by atoms with Crippen LogP contribution in [0, 0.1) is 5.92 Å². The van der Waals surface area contributed by atoms with Gasteiger partial charge < -0.3 is 0 Å². The minimum absolute atomic E-state index is 0.139. The van der Waals surface area contributed by atoms with E-state index in [-0.39, 0.29) is 5.92 Å². The average molecular weight is 337 g/mol. The molecule has 0 aliphatic carbocycles. The monoisotopic (exact) mass is 337 g/mol. The second kappa shape index (κ2) is 8.34. The van der Waals surface area contributed by atoms with E-state index in [1.807, 2.05) is 42.6 Å². The molecule has 1 aliphatic rings. The zero-order chi connectivity index (χ0) is 17.6. The van der Waals surface area contributed by atoms with Crippen LogP contribution in [0.25, 0.3) is 0 Å². The molecule has 1 aromatic heterocycles. The molecule has 0 unspecified atom stereocenters. The number of ketones is 1. The van der Waals surface area contributed by atoms with E-state index in [0.717, 1.165) is 49.6 Å². The van der Waals surface area contributed by atoms with E-state index in [1.54, 1.807) is 0 Å². The fourth-order valence-corrected chi connectivity index (χ4v) is 3.41. The van der Waals surface area contributed by atoms with Crippen molar-refractivity contribution in [2.75, 3.05) is 13.1 Å². The molecular weight excluding hydrogens is 310 g/mol. The van der Waals surface area contributed by atoms with Gasteiger partial charge in [0, 0.05) is 37.5 Å². The first-order valence-corrected chi connectivity index (χ1v) is 9.22. The van der Waals surface area contributed by atoms with Gasteiger partial charge in [-0.25, -0.2) is 9.97 Å². The van der Waals surface area contributed by atoms with Crippen LogP contribution < -0.4 is 0 Å². The number of piperidine rings is 1. The van der Waals surface area contributed by atoms with E-state index < -0.39 is 0 Å². The molecule has 3 rings (SSSR count). The first kappa shape index (κ1) is 17.7. The highest BCUT2D eigenvalue weighted by Gasteiger charge is 2.26. The van der Waals surface area contributed by atoms with Gasteiger partial charge in [0.1, 0.15) is 11.6 Å². The van der Waals surface area contributed by atoms with Crippen LogP contribution in [-0.4, -0.2) is 33.7 Å². The van der Waals surface area contributed by atoms with Crippen LogP contribution in [-0.2, 0) is 17.8 Å². The van der Waals surface area contributed by atoms with Crippen molar-refractivity contribution in [3.63, 3.8) is 0 Å². The smallest absolute Gasteiger partial charge is 0.141 e. The second-order valence-electron chi connectivity index (χ2n) is 7.26. The van der Waals surface area contributed by atoms with Crippen molar-refractivity contribution < 1.29 is 4.79 Å². The molecule has 0 radical (unpaired) electrons. The number of likely N-dealkylation sites (tertiary alicyclic amines) is 1. The predicted molar refractivity (Wildman–Crippen MR) is 99.3 cm³/mol. The summed E-state index contributed by atoms with van der Waals surface area (Å²) >= 11 is 0. The van der Waals surface area contributed by atoms with Gasteiger partial charge in [0.2, 0.25) is 0 Å². The van der Waals surface area contributed by atoms with Gasteiger partial charge in [0.15, 0.2) is 0 Å². The molecule has 4 nitrogen and oxygen atoms in total. The summed E-state index contributed by atoms with van der Waals surface area (Å²) in [5, 5.41) is 0. The predicted octanol–water partition coefficient (Wildman–Crippen LogP) is 3.62. The highest BCUT2D eigenvalue weighted by Crippen LogP contribution is 2.21. The van der Waals surface area contributed by atoms with Crippen molar-refractivity contribution in [3.05, 3.63) is 59.7 Å². The Kier molecular flexibility index (Phi) is 5.92. The van der Waals surface area contributed by atoms with Crippen molar-refractivity contribution in [2.24, 2.45) is 5.92 Å². The third-order valence-electron chi connectivity index (χ3n) is 4.82. The Labute approximate surface area is 150 Å². The lowest BCUT2D eigenvalue weighted by atomic mass is 9.90. The summed E-state index contributed by atoms with van der Waals surface area (Å²) in [5.41, 5.74) is 2.16. The molecule has 1 aromatic carbocycles. The standard InChI is InChI=1S/C21H27N3O/c1-16(2)21-22-11-10-19(23-21)15-24-12-6-9-18(14-24)20(25)13-17-7-4-3-5-8-17/h3-5,7-8,10-11,16,18H,6,9,12-15H2,1-2H3/t18-/m0/s1. The van der Waals surface area contributed by atoms with E-state index in [9.17, 15) is 4.79 Å². The van der Waals surface area contributed by atoms with Crippen LogP contribution in [0.5, 0.6) is 0 Å². The Morgan fingerprint density at radius 2 is 2.04 bits per heavy atom. The van der Waals surface area contributed by atoms with Gasteiger partial charge in [-0.1, -0.05) is 44.2 Å². The van der Waals surface area contributed by atoms with E-state index in [1.165, 1.54) is 0 Å². The fourth-order valence-electron chi connectivity index (χ4n) is 3.41. The molecule has 4 heteroatoms. The van der Waals surface area contributed by atoms with Crippen LogP contribution in [0.2, 0.25) is 0 Å². The second-order valence-corrected chi connectivity index (χ2v) is 7.26. The summed E-state index contributed by atoms with van der Waals surface area (Å²) in [6, 6.07) is 12.0. The van der Waals surface area contributed by atoms with Crippen LogP contribution in [0.15, 0.2) is 42.6 Å². The molecular formula is C21H27N3O. The third-order valence-corrected chi connectivity index (χ3v) is 4.82. The highest BCUT2D eigenvalue weighted by atomic mass is 16.1. The Hall–Kier alpha value is -2.07. The first-order chi connectivity index (χ1) is 12.1. The van der Waals surface area contributed by atoms with Crippen LogP contribution >= 0.6 is 0 Å². The minimum atomic E-state index is 0.139. The minimum Gasteiger partial charge on any atom is -0.299 e. The summed E-state index contributed by atoms with van der Waals surface area (Å²) in [6.45, 7) is 6.90. The zero-order valence-corrected chi connectivity index (χ0v) is 15.2. The Morgan fingerprint density at radius 1 is 1.24 bits per heavy atom. The van der Waals surface area contributed by atoms with Crippen molar-refractivity contribution in [2.45, 2.75) is 45.6 Å². The Balaban J connectivity index is 1.59. The topological polar surface area (TPSA) is 46.1 Å². The van der Waals surface area contributed by atoms with Gasteiger partial charge in [-0.05, 0) is 31.0 Å². The number of Topliss-reactive ketones (excluding diaryl/α,β-unsaturated/α-hetero) is 1. The van der Waals surface area contributed by atoms with Crippen molar-refractivity contribution in [1.82, 2.24) is 14.9 Å². The van der Waals surface area contributed by atoms with Gasteiger partial charge in [-0.2, -0.15) is 0 Å². The lowest BCUT2D eigenvalue weighted by Gasteiger charge is -2.31. The maximum atomic E-state index is 12.7. The number of nitrogens with zero attached hydrogens (tertiary/aromatic N) is 3. The number of hydrogen-bond donors (Lipinski definition) is 0. The summed E-state index contributed by atoms with van der Waals surface area (Å²) in [4.78, 5) is 24.0. The molecule has 1 saturated heterocycles. The van der Waals surface area contributed by atoms with E-state index in [2.05, 4.69) is 28.7 Å². The molecule has 2 aromatic rings. The van der Waals surface area contributed by atoms with E-state index >= 15 is 0 Å². The van der Waals surface area contributed by atoms with Crippen molar-refractivity contribution >= 4 is 5.78 Å². The maximum absolute atomic E-state index is 12.7. The summed E-state index contributed by atoms with van der Waals surface area (Å²) < 4.78 is 0. The lowest BCUT2D eigenvalue weighted by molar-refractivity contribution is -0.124. The molecule has 132 valence electrons. The summed E-state index contributed by atoms with van der Waals surface area (Å²) in [5.74, 6) is 1.73. The highest BCUT2D eigenvalue weighted by molar-refractivity contribution is 5.83. The molecule has 1 aliphatic heterocycles. The average Bonchev–Trinajstić information content (AvgIpc) is 2.63. The van der Waals surface area contributed by atoms with Crippen molar-refractivity contribution in [3.8, 4) is 0 Å². The van der Waals surface area contributed by atoms with Gasteiger partial charge in [0.05, 0.1) is 5.69 Å². The van der Waals surface area contributed by atoms with Gasteiger partial charge in [-0.3, -0.25) is 9.69 Å². The first-order valence-electron chi connectivity index (χ1n) is 9.22. The van der Waals surface area contributed by atoms with Crippen LogP contribution in [0.3, 0.4) is 0 Å². The SMILES string of the molecule is CC(C)c1nccc(CN2CCC[C@H](C(=O)Cc3ccccc3)C2)n1. The summed E-state index contributed by atoms with van der Waals surface area (Å²) in [6.07, 6.45) is 4.47. The number of carbonyl (C=O) groups excluding carboxylic acids is 1. The number of hydrogen-bond acceptors (Lipinski definition) is 4. The molecule has 1 fully saturated rings. The lowest BCUT2D eigenvalue weighted by Crippen LogP contribution is -2.39. The quantitative estimate of drug-likeness (QED) is 0.807. The molecule has 1 atom stereocenters. The van der Waals surface area contributed by atoms with Gasteiger partial charge in [0.25, 0.3) is 0 Å². The molecule has 0 bridgehead atoms. The summed E-state index contributed by atoms with van der Waals surface area (Å²) in [7, 11) is 0. The molecule has 25 heavy (non-hydrogen) atoms. The fraction of sp³-hybridized carbons (Fsp3) is 0.476. The van der Waals surface area contributed by atoms with Crippen LogP contribution in [0.4, 0.5) is 0 Å². The number of benzene rings is 1. The molecule has 0 saturated carbocycles. The van der Waals surface area contributed by atoms with E-state index in [0.29, 0.717) is 18.1 Å². The number of carbonyl (C=O) groups is 1. The third kappa shape index (κ3) is 4.95. The van der Waals surface area contributed by atoms with Crippen LogP contribution in [0.1, 0.15) is 49.7 Å². The van der Waals surface area contributed by atoms with Gasteiger partial charge >= 0.3 is 0 Å². The molecule has 0 amide bonds. The Bertz CT molecular complexity index is 699. The maximum Gasteiger partial charge on any atom is 0.141 e. The largest absolute Gasteiger partial charge is 0.299 e. The van der Waals surface area contributed by atoms with Crippen molar-refractivity contribution in [1.29, 1.82) is 0 Å². The molecule has 2 heterocycles. The molecule has 0 N–H and O–H groups in total.